The van der Waals surface area contributed by atoms with Gasteiger partial charge in [0.2, 0.25) is 0 Å². The Morgan fingerprint density at radius 2 is 1.72 bits per heavy atom. The van der Waals surface area contributed by atoms with Crippen molar-refractivity contribution < 1.29 is 19.0 Å². The standard InChI is InChI=1S/C14H28O4/c1-6-7-8-14(15)17-9-12(4)16-10-13(5)18-11(2)3/h11-13H,6-10H2,1-5H3. The molecule has 0 aromatic carbocycles. The molecule has 4 nitrogen and oxygen atoms in total. The third-order valence-corrected chi connectivity index (χ3v) is 2.33. The lowest BCUT2D eigenvalue weighted by atomic mass is 10.2. The lowest BCUT2D eigenvalue weighted by molar-refractivity contribution is -0.148. The first kappa shape index (κ1) is 17.4. The van der Waals surface area contributed by atoms with Crippen LogP contribution in [0.2, 0.25) is 0 Å². The Balaban J connectivity index is 3.58. The fraction of sp³-hybridized carbons (Fsp3) is 0.929. The number of carbonyl (C=O) groups is 1. The molecule has 108 valence electrons. The number of ether oxygens (including phenoxy) is 3. The van der Waals surface area contributed by atoms with Gasteiger partial charge in [0.25, 0.3) is 0 Å². The Hall–Kier alpha value is -0.610. The van der Waals surface area contributed by atoms with Gasteiger partial charge in [0, 0.05) is 6.42 Å². The molecule has 0 radical (unpaired) electrons. The number of carbonyl (C=O) groups excluding carboxylic acids is 1. The van der Waals surface area contributed by atoms with Crippen LogP contribution in [0.15, 0.2) is 0 Å². The van der Waals surface area contributed by atoms with Crippen molar-refractivity contribution in [3.8, 4) is 0 Å². The highest BCUT2D eigenvalue weighted by Gasteiger charge is 2.10. The van der Waals surface area contributed by atoms with Crippen molar-refractivity contribution in [2.45, 2.75) is 72.2 Å². The molecule has 4 heteroatoms. The highest BCUT2D eigenvalue weighted by atomic mass is 16.6. The van der Waals surface area contributed by atoms with Crippen molar-refractivity contribution >= 4 is 5.97 Å². The molecule has 0 aliphatic heterocycles. The summed E-state index contributed by atoms with van der Waals surface area (Å²) in [5.74, 6) is -0.140. The molecule has 2 unspecified atom stereocenters. The van der Waals surface area contributed by atoms with Crippen molar-refractivity contribution in [2.24, 2.45) is 0 Å². The highest BCUT2D eigenvalue weighted by molar-refractivity contribution is 5.69. The molecule has 0 rings (SSSR count). The van der Waals surface area contributed by atoms with E-state index in [0.29, 0.717) is 19.6 Å². The first-order valence-electron chi connectivity index (χ1n) is 6.88. The molecule has 0 aromatic rings. The van der Waals surface area contributed by atoms with Gasteiger partial charge in [0.05, 0.1) is 24.9 Å². The molecule has 0 aromatic heterocycles. The van der Waals surface area contributed by atoms with Gasteiger partial charge in [0.1, 0.15) is 6.61 Å². The molecule has 0 saturated heterocycles. The number of hydrogen-bond donors (Lipinski definition) is 0. The van der Waals surface area contributed by atoms with Gasteiger partial charge in [-0.05, 0) is 34.1 Å². The van der Waals surface area contributed by atoms with E-state index in [1.165, 1.54) is 0 Å². The summed E-state index contributed by atoms with van der Waals surface area (Å²) in [6, 6.07) is 0. The van der Waals surface area contributed by atoms with Gasteiger partial charge < -0.3 is 14.2 Å². The van der Waals surface area contributed by atoms with E-state index in [-0.39, 0.29) is 24.3 Å². The molecule has 0 saturated carbocycles. The number of esters is 1. The van der Waals surface area contributed by atoms with Crippen molar-refractivity contribution in [3.05, 3.63) is 0 Å². The Bertz CT molecular complexity index is 216. The zero-order valence-electron chi connectivity index (χ0n) is 12.4. The van der Waals surface area contributed by atoms with E-state index in [2.05, 4.69) is 6.92 Å². The second-order valence-corrected chi connectivity index (χ2v) is 4.93. The van der Waals surface area contributed by atoms with Crippen molar-refractivity contribution in [2.75, 3.05) is 13.2 Å². The predicted molar refractivity (Wildman–Crippen MR) is 71.6 cm³/mol. The average Bonchev–Trinajstić information content (AvgIpc) is 2.30. The van der Waals surface area contributed by atoms with Gasteiger partial charge in [-0.25, -0.2) is 0 Å². The van der Waals surface area contributed by atoms with Crippen molar-refractivity contribution in [1.82, 2.24) is 0 Å². The van der Waals surface area contributed by atoms with E-state index in [1.54, 1.807) is 0 Å². The lowest BCUT2D eigenvalue weighted by Crippen LogP contribution is -2.26. The molecular weight excluding hydrogens is 232 g/mol. The maximum atomic E-state index is 11.3. The van der Waals surface area contributed by atoms with E-state index in [9.17, 15) is 4.79 Å². The summed E-state index contributed by atoms with van der Waals surface area (Å²) in [5.41, 5.74) is 0. The first-order valence-corrected chi connectivity index (χ1v) is 6.88. The van der Waals surface area contributed by atoms with E-state index in [0.717, 1.165) is 12.8 Å². The average molecular weight is 260 g/mol. The molecule has 0 N–H and O–H groups in total. The maximum absolute atomic E-state index is 11.3. The molecule has 0 fully saturated rings. The Morgan fingerprint density at radius 3 is 2.28 bits per heavy atom. The monoisotopic (exact) mass is 260 g/mol. The minimum absolute atomic E-state index is 0.0586. The Kier molecular flexibility index (Phi) is 9.98. The fourth-order valence-electron chi connectivity index (χ4n) is 1.46. The van der Waals surface area contributed by atoms with Gasteiger partial charge in [-0.3, -0.25) is 4.79 Å². The van der Waals surface area contributed by atoms with E-state index in [1.807, 2.05) is 27.7 Å². The second-order valence-electron chi connectivity index (χ2n) is 4.93. The van der Waals surface area contributed by atoms with Crippen molar-refractivity contribution in [3.63, 3.8) is 0 Å². The normalized spacial score (nSPS) is 14.6. The molecule has 0 spiro atoms. The summed E-state index contributed by atoms with van der Waals surface area (Å²) in [5, 5.41) is 0. The highest BCUT2D eigenvalue weighted by Crippen LogP contribution is 2.02. The zero-order valence-corrected chi connectivity index (χ0v) is 12.4. The Labute approximate surface area is 111 Å². The van der Waals surface area contributed by atoms with Crippen LogP contribution in [0, 0.1) is 0 Å². The molecule has 18 heavy (non-hydrogen) atoms. The molecule has 2 atom stereocenters. The van der Waals surface area contributed by atoms with Gasteiger partial charge in [-0.2, -0.15) is 0 Å². The Morgan fingerprint density at radius 1 is 1.06 bits per heavy atom. The van der Waals surface area contributed by atoms with Crippen LogP contribution in [0.4, 0.5) is 0 Å². The van der Waals surface area contributed by atoms with E-state index < -0.39 is 0 Å². The van der Waals surface area contributed by atoms with Crippen molar-refractivity contribution in [1.29, 1.82) is 0 Å². The summed E-state index contributed by atoms with van der Waals surface area (Å²) in [7, 11) is 0. The van der Waals surface area contributed by atoms with Crippen LogP contribution in [-0.4, -0.2) is 37.5 Å². The first-order chi connectivity index (χ1) is 8.45. The summed E-state index contributed by atoms with van der Waals surface area (Å²) in [6.07, 6.45) is 2.55. The largest absolute Gasteiger partial charge is 0.463 e. The SMILES string of the molecule is CCCCC(=O)OCC(C)OCC(C)OC(C)C. The molecule has 0 amide bonds. The molecule has 0 aliphatic rings. The van der Waals surface area contributed by atoms with Gasteiger partial charge in [-0.15, -0.1) is 0 Å². The molecule has 0 bridgehead atoms. The van der Waals surface area contributed by atoms with Crippen LogP contribution in [0.3, 0.4) is 0 Å². The third-order valence-electron chi connectivity index (χ3n) is 2.33. The minimum atomic E-state index is -0.140. The maximum Gasteiger partial charge on any atom is 0.305 e. The zero-order chi connectivity index (χ0) is 14.0. The van der Waals surface area contributed by atoms with Crippen LogP contribution in [-0.2, 0) is 19.0 Å². The smallest absolute Gasteiger partial charge is 0.305 e. The third kappa shape index (κ3) is 10.5. The second kappa shape index (κ2) is 10.3. The molecule has 0 heterocycles. The van der Waals surface area contributed by atoms with Gasteiger partial charge in [-0.1, -0.05) is 13.3 Å². The number of rotatable bonds is 10. The quantitative estimate of drug-likeness (QED) is 0.566. The summed E-state index contributed by atoms with van der Waals surface area (Å²) >= 11 is 0. The lowest BCUT2D eigenvalue weighted by Gasteiger charge is -2.19. The van der Waals surface area contributed by atoms with Gasteiger partial charge >= 0.3 is 5.97 Å². The topological polar surface area (TPSA) is 44.8 Å². The predicted octanol–water partition coefficient (Wildman–Crippen LogP) is 2.94. The number of unbranched alkanes of at least 4 members (excludes halogenated alkanes) is 1. The van der Waals surface area contributed by atoms with Crippen LogP contribution in [0.5, 0.6) is 0 Å². The van der Waals surface area contributed by atoms with E-state index >= 15 is 0 Å². The van der Waals surface area contributed by atoms with Crippen LogP contribution >= 0.6 is 0 Å². The fourth-order valence-corrected chi connectivity index (χ4v) is 1.46. The van der Waals surface area contributed by atoms with Crippen LogP contribution < -0.4 is 0 Å². The minimum Gasteiger partial charge on any atom is -0.463 e. The van der Waals surface area contributed by atoms with E-state index in [4.69, 9.17) is 14.2 Å². The summed E-state index contributed by atoms with van der Waals surface area (Å²) in [4.78, 5) is 11.3. The number of hydrogen-bond acceptors (Lipinski definition) is 4. The molecule has 0 aliphatic carbocycles. The van der Waals surface area contributed by atoms with Crippen LogP contribution in [0.25, 0.3) is 0 Å². The summed E-state index contributed by atoms with van der Waals surface area (Å²) in [6.45, 7) is 10.7. The summed E-state index contributed by atoms with van der Waals surface area (Å²) < 4.78 is 16.2. The van der Waals surface area contributed by atoms with Crippen LogP contribution in [0.1, 0.15) is 53.9 Å². The van der Waals surface area contributed by atoms with Gasteiger partial charge in [0.15, 0.2) is 0 Å². The molecular formula is C14H28O4.